The number of carbonyl (C=O) groups is 1. The number of hydrogen-bond acceptors (Lipinski definition) is 6. The van der Waals surface area contributed by atoms with Crippen LogP contribution in [0.3, 0.4) is 0 Å². The Bertz CT molecular complexity index is 1480. The number of rotatable bonds is 9. The highest BCUT2D eigenvalue weighted by molar-refractivity contribution is 7.92. The number of nitrogens with one attached hydrogen (secondary N) is 3. The van der Waals surface area contributed by atoms with Crippen LogP contribution in [0.1, 0.15) is 36.2 Å². The molecule has 0 aliphatic rings. The van der Waals surface area contributed by atoms with E-state index in [9.17, 15) is 17.6 Å². The fourth-order valence-electron chi connectivity index (χ4n) is 3.55. The molecule has 4 aromatic rings. The highest BCUT2D eigenvalue weighted by Gasteiger charge is 2.27. The minimum Gasteiger partial charge on any atom is -0.352 e. The third kappa shape index (κ3) is 4.49. The first-order chi connectivity index (χ1) is 16.2. The minimum atomic E-state index is -3.85. The lowest BCUT2D eigenvalue weighted by Gasteiger charge is -2.12. The van der Waals surface area contributed by atoms with Gasteiger partial charge in [-0.05, 0) is 31.5 Å². The van der Waals surface area contributed by atoms with Gasteiger partial charge in [-0.1, -0.05) is 6.92 Å². The summed E-state index contributed by atoms with van der Waals surface area (Å²) in [5.74, 6) is -3.39. The number of anilines is 3. The number of hydrogen-bond donors (Lipinski definition) is 3. The van der Waals surface area contributed by atoms with E-state index in [1.165, 1.54) is 12.5 Å². The Morgan fingerprint density at radius 3 is 2.68 bits per heavy atom. The monoisotopic (exact) mass is 488 g/mol. The fourth-order valence-corrected chi connectivity index (χ4v) is 4.68. The first-order valence-corrected chi connectivity index (χ1v) is 12.2. The molecule has 0 fully saturated rings. The van der Waals surface area contributed by atoms with E-state index in [0.29, 0.717) is 12.1 Å². The summed E-state index contributed by atoms with van der Waals surface area (Å²) in [6, 6.07) is 3.60. The van der Waals surface area contributed by atoms with E-state index in [1.54, 1.807) is 6.92 Å². The van der Waals surface area contributed by atoms with E-state index in [4.69, 9.17) is 0 Å². The maximum atomic E-state index is 15.2. The van der Waals surface area contributed by atoms with Crippen molar-refractivity contribution in [3.05, 3.63) is 65.9 Å². The number of nitrogens with zero attached hydrogens (tertiary/aromatic N) is 3. The maximum absolute atomic E-state index is 15.2. The van der Waals surface area contributed by atoms with Gasteiger partial charge >= 0.3 is 0 Å². The number of aryl methyl sites for hydroxylation is 1. The Morgan fingerprint density at radius 2 is 1.97 bits per heavy atom. The molecule has 0 aliphatic carbocycles. The molecule has 34 heavy (non-hydrogen) atoms. The molecular formula is C22H22F2N6O3S. The Hall–Kier alpha value is -3.80. The van der Waals surface area contributed by atoms with Crippen LogP contribution >= 0.6 is 0 Å². The van der Waals surface area contributed by atoms with Crippen molar-refractivity contribution in [3.8, 4) is 0 Å². The van der Waals surface area contributed by atoms with Crippen LogP contribution in [-0.2, 0) is 16.6 Å². The van der Waals surface area contributed by atoms with Crippen molar-refractivity contribution < 1.29 is 22.0 Å². The summed E-state index contributed by atoms with van der Waals surface area (Å²) in [7, 11) is -3.85. The van der Waals surface area contributed by atoms with Gasteiger partial charge in [-0.25, -0.2) is 27.2 Å². The van der Waals surface area contributed by atoms with Gasteiger partial charge in [-0.2, -0.15) is 0 Å². The Morgan fingerprint density at radius 1 is 1.18 bits per heavy atom. The van der Waals surface area contributed by atoms with Crippen molar-refractivity contribution in [3.63, 3.8) is 0 Å². The van der Waals surface area contributed by atoms with Crippen molar-refractivity contribution in [2.75, 3.05) is 15.8 Å². The van der Waals surface area contributed by atoms with Crippen LogP contribution in [0.2, 0.25) is 0 Å². The number of halogens is 2. The topological polar surface area (TPSA) is 122 Å². The molecule has 3 heterocycles. The lowest BCUT2D eigenvalue weighted by Crippen LogP contribution is -2.18. The molecule has 0 amide bonds. The first kappa shape index (κ1) is 23.4. The van der Waals surface area contributed by atoms with E-state index in [2.05, 4.69) is 25.0 Å². The molecule has 0 saturated carbocycles. The summed E-state index contributed by atoms with van der Waals surface area (Å²) in [5, 5.41) is 3.34. The number of sulfonamides is 1. The Balaban J connectivity index is 1.77. The van der Waals surface area contributed by atoms with E-state index < -0.39 is 38.7 Å². The fraction of sp³-hybridized carbons (Fsp3) is 0.227. The molecule has 0 atom stereocenters. The van der Waals surface area contributed by atoms with Crippen molar-refractivity contribution >= 4 is 44.0 Å². The largest absolute Gasteiger partial charge is 0.352 e. The third-order valence-corrected chi connectivity index (χ3v) is 6.63. The molecule has 0 bridgehead atoms. The highest BCUT2D eigenvalue weighted by Crippen LogP contribution is 2.31. The summed E-state index contributed by atoms with van der Waals surface area (Å²) >= 11 is 0. The summed E-state index contributed by atoms with van der Waals surface area (Å²) in [4.78, 5) is 24.4. The van der Waals surface area contributed by atoms with Crippen LogP contribution in [0.5, 0.6) is 0 Å². The molecule has 0 saturated heterocycles. The third-order valence-electron chi connectivity index (χ3n) is 5.15. The zero-order chi connectivity index (χ0) is 24.5. The molecule has 1 aromatic carbocycles. The van der Waals surface area contributed by atoms with Gasteiger partial charge in [0.1, 0.15) is 23.6 Å². The van der Waals surface area contributed by atoms with Crippen LogP contribution in [-0.4, -0.2) is 39.5 Å². The first-order valence-electron chi connectivity index (χ1n) is 10.5. The number of H-pyrrole nitrogens is 1. The van der Waals surface area contributed by atoms with Crippen molar-refractivity contribution in [1.82, 2.24) is 19.5 Å². The molecule has 0 unspecified atom stereocenters. The van der Waals surface area contributed by atoms with Gasteiger partial charge in [0.15, 0.2) is 5.82 Å². The zero-order valence-electron chi connectivity index (χ0n) is 18.4. The summed E-state index contributed by atoms with van der Waals surface area (Å²) < 4.78 is 58.0. The van der Waals surface area contributed by atoms with Gasteiger partial charge in [0.25, 0.3) is 0 Å². The van der Waals surface area contributed by atoms with E-state index in [-0.39, 0.29) is 28.2 Å². The zero-order valence-corrected chi connectivity index (χ0v) is 19.2. The maximum Gasteiger partial charge on any atom is 0.232 e. The van der Waals surface area contributed by atoms with Crippen LogP contribution < -0.4 is 10.0 Å². The summed E-state index contributed by atoms with van der Waals surface area (Å²) in [6.45, 7) is 4.39. The van der Waals surface area contributed by atoms with Crippen LogP contribution in [0, 0.1) is 11.6 Å². The van der Waals surface area contributed by atoms with Gasteiger partial charge in [0.05, 0.1) is 33.6 Å². The molecule has 178 valence electrons. The van der Waals surface area contributed by atoms with Crippen LogP contribution in [0.4, 0.5) is 26.0 Å². The molecule has 4 rings (SSSR count). The molecule has 0 spiro atoms. The number of aromatic nitrogens is 4. The summed E-state index contributed by atoms with van der Waals surface area (Å²) in [5.41, 5.74) is -0.472. The summed E-state index contributed by atoms with van der Waals surface area (Å²) in [6.07, 6.45) is 6.58. The van der Waals surface area contributed by atoms with E-state index in [0.717, 1.165) is 18.7 Å². The predicted octanol–water partition coefficient (Wildman–Crippen LogP) is 4.18. The molecule has 0 aliphatic heterocycles. The second kappa shape index (κ2) is 9.21. The normalized spacial score (nSPS) is 11.6. The average molecular weight is 489 g/mol. The molecule has 3 N–H and O–H groups in total. The molecule has 3 aromatic heterocycles. The Kier molecular flexibility index (Phi) is 6.33. The number of ketones is 1. The van der Waals surface area contributed by atoms with Crippen LogP contribution in [0.25, 0.3) is 11.0 Å². The number of benzene rings is 1. The predicted molar refractivity (Wildman–Crippen MR) is 125 cm³/mol. The molecule has 0 radical (unpaired) electrons. The highest BCUT2D eigenvalue weighted by atomic mass is 32.2. The number of fused-ring (bicyclic) bond motifs is 1. The molecule has 9 nitrogen and oxygen atoms in total. The van der Waals surface area contributed by atoms with Gasteiger partial charge in [-0.3, -0.25) is 9.52 Å². The van der Waals surface area contributed by atoms with Gasteiger partial charge in [0, 0.05) is 25.1 Å². The Labute approximate surface area is 194 Å². The second-order valence-corrected chi connectivity index (χ2v) is 9.38. The van der Waals surface area contributed by atoms with E-state index in [1.807, 2.05) is 30.0 Å². The lowest BCUT2D eigenvalue weighted by atomic mass is 10.0. The van der Waals surface area contributed by atoms with Gasteiger partial charge in [0.2, 0.25) is 15.8 Å². The van der Waals surface area contributed by atoms with Gasteiger partial charge in [-0.15, -0.1) is 0 Å². The number of aromatic amines is 1. The smallest absolute Gasteiger partial charge is 0.232 e. The number of carbonyl (C=O) groups excluding carboxylic acids is 1. The van der Waals surface area contributed by atoms with Crippen LogP contribution in [0.15, 0.2) is 43.1 Å². The molecule has 12 heteroatoms. The minimum absolute atomic E-state index is 0.0700. The van der Waals surface area contributed by atoms with Crippen molar-refractivity contribution in [2.24, 2.45) is 0 Å². The lowest BCUT2D eigenvalue weighted by molar-refractivity contribution is 0.103. The van der Waals surface area contributed by atoms with E-state index >= 15 is 4.39 Å². The van der Waals surface area contributed by atoms with Crippen molar-refractivity contribution in [1.29, 1.82) is 0 Å². The molecular weight excluding hydrogens is 466 g/mol. The van der Waals surface area contributed by atoms with Gasteiger partial charge < -0.3 is 14.9 Å². The quantitative estimate of drug-likeness (QED) is 0.304. The van der Waals surface area contributed by atoms with Crippen molar-refractivity contribution in [2.45, 2.75) is 26.8 Å². The standard InChI is InChI=1S/C22H22F2N6O3S/c1-3-9-34(32,33)29-16-6-5-15(23)18(19(16)24)20(31)14-10-25-21-17(14)22(27-12-26-21)28-13-7-8-30(4-2)11-13/h5-8,10-12,29H,3-4,9H2,1-2H3,(H2,25,26,27,28). The second-order valence-electron chi connectivity index (χ2n) is 7.54. The average Bonchev–Trinajstić information content (AvgIpc) is 3.43. The SMILES string of the molecule is CCCS(=O)(=O)Nc1ccc(F)c(C(=O)c2c[nH]c3ncnc(Nc4ccn(CC)c4)c23)c1F.